The number of rotatable bonds is 7. The van der Waals surface area contributed by atoms with Crippen molar-refractivity contribution < 1.29 is 13.6 Å². The van der Waals surface area contributed by atoms with Crippen LogP contribution in [0.4, 0.5) is 30.9 Å². The van der Waals surface area contributed by atoms with Crippen LogP contribution in [0, 0.1) is 18.6 Å². The molecule has 4 N–H and O–H groups in total. The number of carbonyl (C=O) groups is 1. The van der Waals surface area contributed by atoms with E-state index in [9.17, 15) is 13.6 Å². The minimum absolute atomic E-state index is 0.0893. The maximum atomic E-state index is 13.4. The molecule has 0 radical (unpaired) electrons. The number of nitrogens with one attached hydrogen (secondary N) is 4. The molecule has 9 heteroatoms. The molecule has 0 unspecified atom stereocenters. The second kappa shape index (κ2) is 8.76. The quantitative estimate of drug-likeness (QED) is 0.577. The van der Waals surface area contributed by atoms with E-state index in [1.807, 2.05) is 6.92 Å². The van der Waals surface area contributed by atoms with Gasteiger partial charge >= 0.3 is 6.03 Å². The molecular weight excluding hydrogens is 330 g/mol. The smallest absolute Gasteiger partial charge is 0.319 e. The number of benzene rings is 1. The Morgan fingerprint density at radius 2 is 1.80 bits per heavy atom. The Bertz CT molecular complexity index is 741. The van der Waals surface area contributed by atoms with Crippen molar-refractivity contribution in [2.24, 2.45) is 0 Å². The molecule has 0 aliphatic carbocycles. The highest BCUT2D eigenvalue weighted by molar-refractivity contribution is 5.89. The van der Waals surface area contributed by atoms with Crippen LogP contribution < -0.4 is 21.3 Å². The topological polar surface area (TPSA) is 91.0 Å². The average molecular weight is 350 g/mol. The molecule has 25 heavy (non-hydrogen) atoms. The number of halogens is 2. The molecule has 2 rings (SSSR count). The summed E-state index contributed by atoms with van der Waals surface area (Å²) in [6, 6.07) is 4.12. The lowest BCUT2D eigenvalue weighted by molar-refractivity contribution is 0.252. The molecule has 0 saturated heterocycles. The van der Waals surface area contributed by atoms with Gasteiger partial charge in [-0.05, 0) is 26.0 Å². The minimum atomic E-state index is -0.833. The third-order valence-electron chi connectivity index (χ3n) is 3.09. The molecule has 0 bridgehead atoms. The van der Waals surface area contributed by atoms with Crippen LogP contribution in [0.3, 0.4) is 0 Å². The van der Waals surface area contributed by atoms with Gasteiger partial charge in [0.15, 0.2) is 0 Å². The van der Waals surface area contributed by atoms with Crippen molar-refractivity contribution in [2.45, 2.75) is 13.8 Å². The summed E-state index contributed by atoms with van der Waals surface area (Å²) in [5.74, 6) is 0.439. The average Bonchev–Trinajstić information content (AvgIpc) is 2.54. The van der Waals surface area contributed by atoms with Crippen LogP contribution in [0.1, 0.15) is 12.7 Å². The summed E-state index contributed by atoms with van der Waals surface area (Å²) >= 11 is 0. The Morgan fingerprint density at radius 3 is 2.48 bits per heavy atom. The molecule has 1 aromatic carbocycles. The van der Waals surface area contributed by atoms with Gasteiger partial charge in [-0.2, -0.15) is 0 Å². The number of urea groups is 1. The van der Waals surface area contributed by atoms with Crippen molar-refractivity contribution in [3.63, 3.8) is 0 Å². The first-order valence-corrected chi connectivity index (χ1v) is 7.81. The first-order chi connectivity index (χ1) is 12.0. The lowest BCUT2D eigenvalue weighted by Gasteiger charge is -2.11. The molecule has 1 heterocycles. The van der Waals surface area contributed by atoms with E-state index in [0.717, 1.165) is 24.5 Å². The second-order valence-corrected chi connectivity index (χ2v) is 5.15. The highest BCUT2D eigenvalue weighted by atomic mass is 19.1. The Hall–Kier alpha value is -2.97. The summed E-state index contributed by atoms with van der Waals surface area (Å²) in [6.07, 6.45) is 0. The van der Waals surface area contributed by atoms with Gasteiger partial charge in [0, 0.05) is 31.8 Å². The van der Waals surface area contributed by atoms with Gasteiger partial charge in [-0.1, -0.05) is 0 Å². The summed E-state index contributed by atoms with van der Waals surface area (Å²) in [6.45, 7) is 5.21. The molecule has 2 amide bonds. The Kier molecular flexibility index (Phi) is 6.44. The van der Waals surface area contributed by atoms with Gasteiger partial charge in [-0.25, -0.2) is 23.5 Å². The number of aromatic nitrogens is 2. The van der Waals surface area contributed by atoms with Gasteiger partial charge < -0.3 is 21.3 Å². The third-order valence-corrected chi connectivity index (χ3v) is 3.09. The fraction of sp³-hybridized carbons (Fsp3) is 0.312. The van der Waals surface area contributed by atoms with E-state index in [1.165, 1.54) is 0 Å². The molecule has 0 aliphatic heterocycles. The van der Waals surface area contributed by atoms with Crippen LogP contribution in [-0.2, 0) is 0 Å². The Morgan fingerprint density at radius 1 is 1.08 bits per heavy atom. The number of carbonyl (C=O) groups excluding carboxylic acids is 1. The zero-order valence-electron chi connectivity index (χ0n) is 14.0. The number of hydrogen-bond donors (Lipinski definition) is 4. The summed E-state index contributed by atoms with van der Waals surface area (Å²) in [5.41, 5.74) is -0.0893. The third kappa shape index (κ3) is 5.87. The predicted octanol–water partition coefficient (Wildman–Crippen LogP) is 2.73. The van der Waals surface area contributed by atoms with Gasteiger partial charge in [-0.15, -0.1) is 0 Å². The van der Waals surface area contributed by atoms with Gasteiger partial charge in [0.2, 0.25) is 0 Å². The van der Waals surface area contributed by atoms with Crippen molar-refractivity contribution in [1.82, 2.24) is 15.3 Å². The molecule has 0 saturated carbocycles. The van der Waals surface area contributed by atoms with E-state index in [-0.39, 0.29) is 12.2 Å². The van der Waals surface area contributed by atoms with Crippen molar-refractivity contribution in [1.29, 1.82) is 0 Å². The largest absolute Gasteiger partial charge is 0.370 e. The van der Waals surface area contributed by atoms with E-state index in [4.69, 9.17) is 0 Å². The van der Waals surface area contributed by atoms with E-state index < -0.39 is 17.7 Å². The summed E-state index contributed by atoms with van der Waals surface area (Å²) in [7, 11) is 0. The molecule has 1 aromatic heterocycles. The number of hydrogen-bond acceptors (Lipinski definition) is 5. The highest BCUT2D eigenvalue weighted by Gasteiger charge is 2.07. The van der Waals surface area contributed by atoms with Crippen LogP contribution in [0.5, 0.6) is 0 Å². The molecule has 0 atom stereocenters. The van der Waals surface area contributed by atoms with Gasteiger partial charge in [-0.3, -0.25) is 0 Å². The summed E-state index contributed by atoms with van der Waals surface area (Å²) in [5, 5.41) is 11.0. The predicted molar refractivity (Wildman–Crippen MR) is 92.8 cm³/mol. The Balaban J connectivity index is 1.78. The lowest BCUT2D eigenvalue weighted by Crippen LogP contribution is -2.33. The molecular formula is C16H20F2N6O. The van der Waals surface area contributed by atoms with Crippen molar-refractivity contribution in [3.05, 3.63) is 41.7 Å². The van der Waals surface area contributed by atoms with Crippen LogP contribution in [0.2, 0.25) is 0 Å². The van der Waals surface area contributed by atoms with E-state index >= 15 is 0 Å². The fourth-order valence-electron chi connectivity index (χ4n) is 2.05. The zero-order valence-corrected chi connectivity index (χ0v) is 14.0. The van der Waals surface area contributed by atoms with E-state index in [2.05, 4.69) is 31.2 Å². The number of anilines is 3. The van der Waals surface area contributed by atoms with E-state index in [1.54, 1.807) is 13.0 Å². The van der Waals surface area contributed by atoms with Crippen molar-refractivity contribution in [3.8, 4) is 0 Å². The van der Waals surface area contributed by atoms with Gasteiger partial charge in [0.25, 0.3) is 0 Å². The molecule has 0 aliphatic rings. The highest BCUT2D eigenvalue weighted by Crippen LogP contribution is 2.14. The van der Waals surface area contributed by atoms with Crippen LogP contribution in [-0.4, -0.2) is 35.6 Å². The van der Waals surface area contributed by atoms with Crippen LogP contribution >= 0.6 is 0 Å². The Labute approximate surface area is 144 Å². The van der Waals surface area contributed by atoms with Crippen molar-refractivity contribution >= 4 is 23.4 Å². The second-order valence-electron chi connectivity index (χ2n) is 5.15. The molecule has 7 nitrogen and oxygen atoms in total. The van der Waals surface area contributed by atoms with Gasteiger partial charge in [0.05, 0.1) is 5.69 Å². The monoisotopic (exact) mass is 350 g/mol. The number of nitrogens with zero attached hydrogens (tertiary/aromatic N) is 2. The van der Waals surface area contributed by atoms with E-state index in [0.29, 0.717) is 24.3 Å². The molecule has 134 valence electrons. The maximum Gasteiger partial charge on any atom is 0.319 e. The standard InChI is InChI=1S/C16H20F2N6O/c1-3-19-14-9-15(23-10(2)22-14)20-6-7-21-16(25)24-13-5-4-11(17)8-12(13)18/h4-5,8-9H,3,6-7H2,1-2H3,(H2,21,24,25)(H2,19,20,22,23). The van der Waals surface area contributed by atoms with Crippen molar-refractivity contribution in [2.75, 3.05) is 35.6 Å². The van der Waals surface area contributed by atoms with Crippen LogP contribution in [0.25, 0.3) is 0 Å². The first kappa shape index (κ1) is 18.4. The van der Waals surface area contributed by atoms with Gasteiger partial charge in [0.1, 0.15) is 29.1 Å². The molecule has 0 spiro atoms. The first-order valence-electron chi connectivity index (χ1n) is 7.81. The summed E-state index contributed by atoms with van der Waals surface area (Å²) < 4.78 is 26.3. The maximum absolute atomic E-state index is 13.4. The molecule has 2 aromatic rings. The summed E-state index contributed by atoms with van der Waals surface area (Å²) in [4.78, 5) is 20.2. The number of amides is 2. The lowest BCUT2D eigenvalue weighted by atomic mass is 10.3. The zero-order chi connectivity index (χ0) is 18.2. The normalized spacial score (nSPS) is 10.2. The minimum Gasteiger partial charge on any atom is -0.370 e. The SMILES string of the molecule is CCNc1cc(NCCNC(=O)Nc2ccc(F)cc2F)nc(C)n1. The van der Waals surface area contributed by atoms with Crippen LogP contribution in [0.15, 0.2) is 24.3 Å². The fourth-order valence-corrected chi connectivity index (χ4v) is 2.05. The molecule has 0 fully saturated rings. The number of aryl methyl sites for hydroxylation is 1.